The number of hydrogen-bond acceptors (Lipinski definition) is 4. The van der Waals surface area contributed by atoms with Crippen LogP contribution in [0.4, 0.5) is 0 Å². The third kappa shape index (κ3) is 5.34. The highest BCUT2D eigenvalue weighted by atomic mass is 16.3. The van der Waals surface area contributed by atoms with Crippen LogP contribution in [0.25, 0.3) is 111 Å². The molecule has 4 heteroatoms. The largest absolute Gasteiger partial charge is 0.456 e. The molecule has 0 aliphatic carbocycles. The molecule has 0 atom stereocenters. The van der Waals surface area contributed by atoms with E-state index in [1.165, 1.54) is 27.1 Å². The van der Waals surface area contributed by atoms with Crippen molar-refractivity contribution in [3.05, 3.63) is 188 Å². The van der Waals surface area contributed by atoms with Gasteiger partial charge in [-0.1, -0.05) is 164 Å². The number of nitrogens with zero attached hydrogens (tertiary/aromatic N) is 3. The van der Waals surface area contributed by atoms with Gasteiger partial charge < -0.3 is 4.42 Å². The Balaban J connectivity index is 1.16. The number of fused-ring (bicyclic) bond motifs is 7. The van der Waals surface area contributed by atoms with Crippen molar-refractivity contribution in [3.8, 4) is 56.4 Å². The van der Waals surface area contributed by atoms with Crippen LogP contribution in [0.15, 0.2) is 192 Å². The van der Waals surface area contributed by atoms with Crippen LogP contribution in [-0.4, -0.2) is 15.0 Å². The van der Waals surface area contributed by atoms with Gasteiger partial charge in [-0.3, -0.25) is 0 Å². The van der Waals surface area contributed by atoms with Gasteiger partial charge in [-0.05, 0) is 78.8 Å². The standard InChI is InChI=1S/C51H31N3O/c1-2-14-36(15-3-1)49-52-50(37-24-21-33(22-25-37)39-26-23-32-11-4-5-16-38(32)29-39)54-51(53-49)44-30-40(42-20-10-17-34-12-6-8-18-41(34)42)31-46-48(44)47-43-19-9-7-13-35(43)27-28-45(47)55-46/h1-31H. The molecular weight excluding hydrogens is 671 g/mol. The molecule has 55 heavy (non-hydrogen) atoms. The van der Waals surface area contributed by atoms with Crippen molar-refractivity contribution in [1.82, 2.24) is 15.0 Å². The number of furan rings is 1. The average Bonchev–Trinajstić information content (AvgIpc) is 3.65. The highest BCUT2D eigenvalue weighted by molar-refractivity contribution is 6.23. The fourth-order valence-electron chi connectivity index (χ4n) is 8.00. The fourth-order valence-corrected chi connectivity index (χ4v) is 8.00. The van der Waals surface area contributed by atoms with Crippen molar-refractivity contribution in [2.75, 3.05) is 0 Å². The molecule has 0 saturated heterocycles. The topological polar surface area (TPSA) is 51.8 Å². The van der Waals surface area contributed by atoms with Crippen LogP contribution >= 0.6 is 0 Å². The van der Waals surface area contributed by atoms with Crippen LogP contribution in [0, 0.1) is 0 Å². The Labute approximate surface area is 317 Å². The molecule has 0 aliphatic heterocycles. The first-order valence-corrected chi connectivity index (χ1v) is 18.5. The monoisotopic (exact) mass is 701 g/mol. The summed E-state index contributed by atoms with van der Waals surface area (Å²) in [6.45, 7) is 0. The van der Waals surface area contributed by atoms with E-state index in [1.54, 1.807) is 0 Å². The molecule has 0 amide bonds. The van der Waals surface area contributed by atoms with Gasteiger partial charge in [0.25, 0.3) is 0 Å². The SMILES string of the molecule is c1ccc(-c2nc(-c3ccc(-c4ccc5ccccc5c4)cc3)nc(-c3cc(-c4cccc5ccccc45)cc4oc5ccc6ccccc6c5c34)n2)cc1. The van der Waals surface area contributed by atoms with E-state index in [1.807, 2.05) is 18.2 Å². The van der Waals surface area contributed by atoms with Crippen LogP contribution in [0.2, 0.25) is 0 Å². The van der Waals surface area contributed by atoms with Gasteiger partial charge in [-0.25, -0.2) is 15.0 Å². The lowest BCUT2D eigenvalue weighted by Crippen LogP contribution is -2.00. The van der Waals surface area contributed by atoms with Gasteiger partial charge in [0.05, 0.1) is 0 Å². The Bertz CT molecular complexity index is 3250. The molecule has 256 valence electrons. The second-order valence-electron chi connectivity index (χ2n) is 14.0. The predicted octanol–water partition coefficient (Wildman–Crippen LogP) is 13.6. The normalized spacial score (nSPS) is 11.6. The van der Waals surface area contributed by atoms with Crippen molar-refractivity contribution in [1.29, 1.82) is 0 Å². The third-order valence-corrected chi connectivity index (χ3v) is 10.7. The summed E-state index contributed by atoms with van der Waals surface area (Å²) >= 11 is 0. The molecule has 4 nitrogen and oxygen atoms in total. The molecule has 9 aromatic carbocycles. The lowest BCUT2D eigenvalue weighted by atomic mass is 9.93. The minimum atomic E-state index is 0.588. The Hall–Kier alpha value is -7.43. The summed E-state index contributed by atoms with van der Waals surface area (Å²) < 4.78 is 6.74. The van der Waals surface area contributed by atoms with Gasteiger partial charge in [0.1, 0.15) is 11.2 Å². The molecule has 2 aromatic heterocycles. The summed E-state index contributed by atoms with van der Waals surface area (Å²) in [5, 5.41) is 9.10. The van der Waals surface area contributed by atoms with Crippen LogP contribution in [0.1, 0.15) is 0 Å². The van der Waals surface area contributed by atoms with Crippen LogP contribution < -0.4 is 0 Å². The highest BCUT2D eigenvalue weighted by Gasteiger charge is 2.21. The third-order valence-electron chi connectivity index (χ3n) is 10.7. The molecule has 2 heterocycles. The highest BCUT2D eigenvalue weighted by Crippen LogP contribution is 2.43. The van der Waals surface area contributed by atoms with E-state index in [0.29, 0.717) is 17.5 Å². The van der Waals surface area contributed by atoms with Crippen molar-refractivity contribution in [2.24, 2.45) is 0 Å². The first-order chi connectivity index (χ1) is 27.2. The second kappa shape index (κ2) is 12.6. The number of rotatable bonds is 5. The molecule has 0 aliphatic rings. The summed E-state index contributed by atoms with van der Waals surface area (Å²) in [6.07, 6.45) is 0. The number of hydrogen-bond donors (Lipinski definition) is 0. The van der Waals surface area contributed by atoms with Gasteiger partial charge in [0.15, 0.2) is 17.5 Å². The van der Waals surface area contributed by atoms with Gasteiger partial charge in [-0.15, -0.1) is 0 Å². The van der Waals surface area contributed by atoms with E-state index in [2.05, 4.69) is 170 Å². The van der Waals surface area contributed by atoms with Crippen molar-refractivity contribution < 1.29 is 4.42 Å². The zero-order valence-electron chi connectivity index (χ0n) is 29.6. The van der Waals surface area contributed by atoms with Gasteiger partial charge >= 0.3 is 0 Å². The molecule has 0 spiro atoms. The molecule has 0 fully saturated rings. The maximum Gasteiger partial charge on any atom is 0.164 e. The number of benzene rings is 9. The van der Waals surface area contributed by atoms with Crippen molar-refractivity contribution in [2.45, 2.75) is 0 Å². The van der Waals surface area contributed by atoms with Crippen LogP contribution in [0.3, 0.4) is 0 Å². The molecule has 0 saturated carbocycles. The maximum atomic E-state index is 6.74. The Kier molecular flexibility index (Phi) is 7.14. The van der Waals surface area contributed by atoms with Gasteiger partial charge in [0, 0.05) is 27.5 Å². The second-order valence-corrected chi connectivity index (χ2v) is 14.0. The summed E-state index contributed by atoms with van der Waals surface area (Å²) in [6, 6.07) is 65.8. The minimum Gasteiger partial charge on any atom is -0.456 e. The van der Waals surface area contributed by atoms with E-state index < -0.39 is 0 Å². The lowest BCUT2D eigenvalue weighted by molar-refractivity contribution is 0.669. The summed E-state index contributed by atoms with van der Waals surface area (Å²) in [5.41, 5.74) is 8.79. The average molecular weight is 702 g/mol. The van der Waals surface area contributed by atoms with E-state index >= 15 is 0 Å². The first kappa shape index (κ1) is 31.1. The van der Waals surface area contributed by atoms with E-state index in [-0.39, 0.29) is 0 Å². The quantitative estimate of drug-likeness (QED) is 0.179. The zero-order valence-corrected chi connectivity index (χ0v) is 29.6. The molecular formula is C51H31N3O. The Morgan fingerprint density at radius 2 is 0.873 bits per heavy atom. The first-order valence-electron chi connectivity index (χ1n) is 18.5. The van der Waals surface area contributed by atoms with Crippen LogP contribution in [-0.2, 0) is 0 Å². The van der Waals surface area contributed by atoms with Crippen molar-refractivity contribution in [3.63, 3.8) is 0 Å². The minimum absolute atomic E-state index is 0.588. The van der Waals surface area contributed by atoms with Crippen molar-refractivity contribution >= 4 is 54.3 Å². The maximum absolute atomic E-state index is 6.74. The lowest BCUT2D eigenvalue weighted by Gasteiger charge is -2.13. The molecule has 0 radical (unpaired) electrons. The van der Waals surface area contributed by atoms with Gasteiger partial charge in [0.2, 0.25) is 0 Å². The summed E-state index contributed by atoms with van der Waals surface area (Å²) in [5.74, 6) is 1.81. The molecule has 11 aromatic rings. The fraction of sp³-hybridized carbons (Fsp3) is 0. The molecule has 0 bridgehead atoms. The molecule has 0 N–H and O–H groups in total. The van der Waals surface area contributed by atoms with E-state index in [9.17, 15) is 0 Å². The Morgan fingerprint density at radius 1 is 0.291 bits per heavy atom. The summed E-state index contributed by atoms with van der Waals surface area (Å²) in [4.78, 5) is 15.6. The number of aromatic nitrogens is 3. The molecule has 11 rings (SSSR count). The molecule has 0 unspecified atom stereocenters. The zero-order chi connectivity index (χ0) is 36.3. The Morgan fingerprint density at radius 3 is 1.67 bits per heavy atom. The van der Waals surface area contributed by atoms with E-state index in [4.69, 9.17) is 19.4 Å². The van der Waals surface area contributed by atoms with Crippen LogP contribution in [0.5, 0.6) is 0 Å². The summed E-state index contributed by atoms with van der Waals surface area (Å²) in [7, 11) is 0. The smallest absolute Gasteiger partial charge is 0.164 e. The predicted molar refractivity (Wildman–Crippen MR) is 227 cm³/mol. The van der Waals surface area contributed by atoms with Gasteiger partial charge in [-0.2, -0.15) is 0 Å². The van der Waals surface area contributed by atoms with E-state index in [0.717, 1.165) is 66.1 Å².